The van der Waals surface area contributed by atoms with Gasteiger partial charge in [0, 0.05) is 11.1 Å². The van der Waals surface area contributed by atoms with Crippen molar-refractivity contribution < 1.29 is 17.6 Å². The standard InChI is InChI=1S/C22H15F3N2O/c1-13-18(24)10-16(11-19(13)25)14-5-4-6-15(9-14)21-12-26-22(28-21)27-20-8-3-2-7-17(20)23/h2-12H,1H3,(H,26,27). The number of anilines is 2. The van der Waals surface area contributed by atoms with Crippen molar-refractivity contribution in [3.63, 3.8) is 0 Å². The van der Waals surface area contributed by atoms with Gasteiger partial charge in [0.05, 0.1) is 11.9 Å². The van der Waals surface area contributed by atoms with Gasteiger partial charge in [-0.2, -0.15) is 0 Å². The van der Waals surface area contributed by atoms with E-state index in [2.05, 4.69) is 10.3 Å². The summed E-state index contributed by atoms with van der Waals surface area (Å²) >= 11 is 0. The Labute approximate surface area is 159 Å². The van der Waals surface area contributed by atoms with Gasteiger partial charge in [-0.15, -0.1) is 0 Å². The third-order valence-electron chi connectivity index (χ3n) is 4.38. The van der Waals surface area contributed by atoms with Crippen LogP contribution >= 0.6 is 0 Å². The van der Waals surface area contributed by atoms with Gasteiger partial charge in [0.2, 0.25) is 0 Å². The molecule has 0 saturated carbocycles. The van der Waals surface area contributed by atoms with Gasteiger partial charge in [-0.1, -0.05) is 30.3 Å². The molecule has 0 fully saturated rings. The molecule has 4 rings (SSSR count). The summed E-state index contributed by atoms with van der Waals surface area (Å²) in [5.41, 5.74) is 1.96. The van der Waals surface area contributed by atoms with E-state index in [4.69, 9.17) is 4.42 Å². The van der Waals surface area contributed by atoms with Crippen LogP contribution in [0.5, 0.6) is 0 Å². The molecular formula is C22H15F3N2O. The lowest BCUT2D eigenvalue weighted by molar-refractivity contribution is 0.569. The third kappa shape index (κ3) is 3.49. The van der Waals surface area contributed by atoms with Crippen LogP contribution in [0.3, 0.4) is 0 Å². The Morgan fingerprint density at radius 1 is 0.786 bits per heavy atom. The van der Waals surface area contributed by atoms with E-state index in [0.717, 1.165) is 0 Å². The monoisotopic (exact) mass is 380 g/mol. The minimum Gasteiger partial charge on any atom is -0.423 e. The molecule has 28 heavy (non-hydrogen) atoms. The molecule has 0 aliphatic carbocycles. The average molecular weight is 380 g/mol. The van der Waals surface area contributed by atoms with Crippen LogP contribution in [0.15, 0.2) is 71.3 Å². The quantitative estimate of drug-likeness (QED) is 0.440. The van der Waals surface area contributed by atoms with E-state index in [1.165, 1.54) is 31.3 Å². The fourth-order valence-corrected chi connectivity index (χ4v) is 2.81. The number of oxazole rings is 1. The Balaban J connectivity index is 1.64. The molecule has 6 heteroatoms. The molecule has 3 aromatic carbocycles. The average Bonchev–Trinajstić information content (AvgIpc) is 3.16. The number of nitrogens with one attached hydrogen (secondary N) is 1. The molecule has 0 aliphatic heterocycles. The molecule has 0 aliphatic rings. The molecule has 140 valence electrons. The second-order valence-electron chi connectivity index (χ2n) is 6.28. The highest BCUT2D eigenvalue weighted by Gasteiger charge is 2.12. The van der Waals surface area contributed by atoms with E-state index < -0.39 is 17.5 Å². The van der Waals surface area contributed by atoms with Gasteiger partial charge in [0.1, 0.15) is 17.5 Å². The molecule has 0 atom stereocenters. The number of halogens is 3. The van der Waals surface area contributed by atoms with Crippen molar-refractivity contribution in [3.8, 4) is 22.5 Å². The van der Waals surface area contributed by atoms with E-state index in [1.54, 1.807) is 42.5 Å². The topological polar surface area (TPSA) is 38.1 Å². The van der Waals surface area contributed by atoms with Gasteiger partial charge in [0.15, 0.2) is 5.76 Å². The van der Waals surface area contributed by atoms with E-state index in [-0.39, 0.29) is 17.3 Å². The van der Waals surface area contributed by atoms with Crippen LogP contribution in [0, 0.1) is 24.4 Å². The minimum absolute atomic E-state index is 0.0148. The summed E-state index contributed by atoms with van der Waals surface area (Å²) in [4.78, 5) is 4.11. The highest BCUT2D eigenvalue weighted by molar-refractivity contribution is 5.71. The number of benzene rings is 3. The molecule has 0 saturated heterocycles. The van der Waals surface area contributed by atoms with Crippen LogP contribution < -0.4 is 5.32 Å². The molecule has 1 N–H and O–H groups in total. The lowest BCUT2D eigenvalue weighted by Crippen LogP contribution is -1.92. The van der Waals surface area contributed by atoms with Crippen molar-refractivity contribution >= 4 is 11.7 Å². The Bertz CT molecular complexity index is 1130. The Hall–Kier alpha value is -3.54. The zero-order valence-corrected chi connectivity index (χ0v) is 14.8. The number of rotatable bonds is 4. The number of para-hydroxylation sites is 1. The normalized spacial score (nSPS) is 10.9. The van der Waals surface area contributed by atoms with Gasteiger partial charge >= 0.3 is 0 Å². The van der Waals surface area contributed by atoms with Gasteiger partial charge in [-0.05, 0) is 48.4 Å². The predicted octanol–water partition coefficient (Wildman–Crippen LogP) is 6.48. The number of hydrogen-bond donors (Lipinski definition) is 1. The first-order valence-electron chi connectivity index (χ1n) is 8.55. The van der Waals surface area contributed by atoms with Crippen molar-refractivity contribution in [2.24, 2.45) is 0 Å². The molecule has 0 spiro atoms. The first kappa shape index (κ1) is 17.9. The maximum Gasteiger partial charge on any atom is 0.299 e. The summed E-state index contributed by atoms with van der Waals surface area (Å²) in [7, 11) is 0. The first-order valence-corrected chi connectivity index (χ1v) is 8.55. The summed E-state index contributed by atoms with van der Waals surface area (Å²) in [5.74, 6) is -1.19. The summed E-state index contributed by atoms with van der Waals surface area (Å²) in [6.45, 7) is 1.39. The van der Waals surface area contributed by atoms with Crippen molar-refractivity contribution in [2.45, 2.75) is 6.92 Å². The zero-order valence-electron chi connectivity index (χ0n) is 14.8. The lowest BCUT2D eigenvalue weighted by atomic mass is 10.0. The number of hydrogen-bond acceptors (Lipinski definition) is 3. The molecule has 0 bridgehead atoms. The molecule has 0 unspecified atom stereocenters. The van der Waals surface area contributed by atoms with Crippen LogP contribution in [0.4, 0.5) is 24.9 Å². The summed E-state index contributed by atoms with van der Waals surface area (Å²) in [5, 5.41) is 2.78. The van der Waals surface area contributed by atoms with Crippen molar-refractivity contribution in [1.82, 2.24) is 4.98 Å². The Morgan fingerprint density at radius 3 is 2.25 bits per heavy atom. The van der Waals surface area contributed by atoms with E-state index >= 15 is 0 Å². The Kier molecular flexibility index (Phi) is 4.61. The van der Waals surface area contributed by atoms with Gasteiger partial charge in [-0.3, -0.25) is 0 Å². The maximum absolute atomic E-state index is 13.9. The van der Waals surface area contributed by atoms with Crippen molar-refractivity contribution in [1.29, 1.82) is 0 Å². The van der Waals surface area contributed by atoms with E-state index in [9.17, 15) is 13.2 Å². The Morgan fingerprint density at radius 2 is 1.50 bits per heavy atom. The maximum atomic E-state index is 13.9. The van der Waals surface area contributed by atoms with Crippen LogP contribution in [0.2, 0.25) is 0 Å². The zero-order chi connectivity index (χ0) is 19.7. The van der Waals surface area contributed by atoms with Gasteiger partial charge < -0.3 is 9.73 Å². The molecular weight excluding hydrogens is 365 g/mol. The molecule has 1 heterocycles. The minimum atomic E-state index is -0.601. The van der Waals surface area contributed by atoms with E-state index in [0.29, 0.717) is 22.5 Å². The molecule has 0 radical (unpaired) electrons. The van der Waals surface area contributed by atoms with Crippen LogP contribution in [0.25, 0.3) is 22.5 Å². The lowest BCUT2D eigenvalue weighted by Gasteiger charge is -2.07. The molecule has 1 aromatic heterocycles. The van der Waals surface area contributed by atoms with Gasteiger partial charge in [-0.25, -0.2) is 18.2 Å². The summed E-state index contributed by atoms with van der Waals surface area (Å²) < 4.78 is 47.2. The predicted molar refractivity (Wildman–Crippen MR) is 102 cm³/mol. The van der Waals surface area contributed by atoms with E-state index in [1.807, 2.05) is 0 Å². The number of nitrogens with zero attached hydrogens (tertiary/aromatic N) is 1. The van der Waals surface area contributed by atoms with Gasteiger partial charge in [0.25, 0.3) is 6.01 Å². The first-order chi connectivity index (χ1) is 13.5. The fraction of sp³-hybridized carbons (Fsp3) is 0.0455. The fourth-order valence-electron chi connectivity index (χ4n) is 2.81. The summed E-state index contributed by atoms with van der Waals surface area (Å²) in [6.07, 6.45) is 1.50. The summed E-state index contributed by atoms with van der Waals surface area (Å²) in [6, 6.07) is 16.0. The largest absolute Gasteiger partial charge is 0.423 e. The number of aromatic nitrogens is 1. The van der Waals surface area contributed by atoms with Crippen LogP contribution in [0.1, 0.15) is 5.56 Å². The second-order valence-corrected chi connectivity index (χ2v) is 6.28. The second kappa shape index (κ2) is 7.23. The highest BCUT2D eigenvalue weighted by Crippen LogP contribution is 2.30. The molecule has 0 amide bonds. The molecule has 4 aromatic rings. The third-order valence-corrected chi connectivity index (χ3v) is 4.38. The van der Waals surface area contributed by atoms with Crippen LogP contribution in [-0.4, -0.2) is 4.98 Å². The van der Waals surface area contributed by atoms with Crippen molar-refractivity contribution in [2.75, 3.05) is 5.32 Å². The SMILES string of the molecule is Cc1c(F)cc(-c2cccc(-c3cnc(Nc4ccccc4F)o3)c2)cc1F. The van der Waals surface area contributed by atoms with Crippen LogP contribution in [-0.2, 0) is 0 Å². The highest BCUT2D eigenvalue weighted by atomic mass is 19.1. The smallest absolute Gasteiger partial charge is 0.299 e. The van der Waals surface area contributed by atoms with Crippen molar-refractivity contribution in [3.05, 3.63) is 89.9 Å². The molecule has 3 nitrogen and oxygen atoms in total.